The maximum atomic E-state index is 9.37. The Balaban J connectivity index is 2.16. The maximum absolute atomic E-state index is 9.37. The van der Waals surface area contributed by atoms with Crippen molar-refractivity contribution in [1.82, 2.24) is 0 Å². The van der Waals surface area contributed by atoms with Crippen molar-refractivity contribution in [3.8, 4) is 29.8 Å². The summed E-state index contributed by atoms with van der Waals surface area (Å²) in [5.41, 5.74) is 1.08. The van der Waals surface area contributed by atoms with E-state index in [1.807, 2.05) is 30.3 Å². The van der Waals surface area contributed by atoms with Gasteiger partial charge in [0.2, 0.25) is 0 Å². The third-order valence-corrected chi connectivity index (χ3v) is 9.63. The van der Waals surface area contributed by atoms with E-state index in [4.69, 9.17) is 4.43 Å². The molecule has 1 aromatic rings. The minimum Gasteiger partial charge on any atom is -0.401 e. The van der Waals surface area contributed by atoms with Crippen LogP contribution in [0.2, 0.25) is 18.1 Å². The van der Waals surface area contributed by atoms with Crippen molar-refractivity contribution in [1.29, 1.82) is 5.26 Å². The summed E-state index contributed by atoms with van der Waals surface area (Å²) in [7, 11) is -1.88. The highest BCUT2D eigenvalue weighted by atomic mass is 28.4. The first-order valence-electron chi connectivity index (χ1n) is 10.3. The van der Waals surface area contributed by atoms with Gasteiger partial charge in [-0.05, 0) is 55.9 Å². The van der Waals surface area contributed by atoms with E-state index in [0.29, 0.717) is 0 Å². The Labute approximate surface area is 173 Å². The summed E-state index contributed by atoms with van der Waals surface area (Å²) in [5.74, 6) is 12.9. The molecule has 28 heavy (non-hydrogen) atoms. The van der Waals surface area contributed by atoms with Crippen molar-refractivity contribution in [2.75, 3.05) is 0 Å². The summed E-state index contributed by atoms with van der Waals surface area (Å²) in [6.07, 6.45) is 6.25. The molecule has 0 saturated carbocycles. The topological polar surface area (TPSA) is 33.0 Å². The highest BCUT2D eigenvalue weighted by molar-refractivity contribution is 6.74. The lowest BCUT2D eigenvalue weighted by Crippen LogP contribution is -2.43. The van der Waals surface area contributed by atoms with Crippen molar-refractivity contribution in [2.24, 2.45) is 0 Å². The zero-order valence-electron chi connectivity index (χ0n) is 18.3. The predicted molar refractivity (Wildman–Crippen MR) is 121 cm³/mol. The Morgan fingerprint density at radius 3 is 2.07 bits per heavy atom. The minimum atomic E-state index is -1.88. The van der Waals surface area contributed by atoms with Crippen LogP contribution in [0.3, 0.4) is 0 Å². The molecule has 0 spiro atoms. The van der Waals surface area contributed by atoms with E-state index in [0.717, 1.165) is 50.5 Å². The van der Waals surface area contributed by atoms with Crippen LogP contribution < -0.4 is 0 Å². The molecule has 1 aromatic carbocycles. The fourth-order valence-corrected chi connectivity index (χ4v) is 3.58. The molecule has 0 fully saturated rings. The smallest absolute Gasteiger partial charge is 0.193 e. The molecule has 2 nitrogen and oxygen atoms in total. The summed E-state index contributed by atoms with van der Waals surface area (Å²) in [4.78, 5) is 0. The molecule has 0 aromatic heterocycles. The van der Waals surface area contributed by atoms with Crippen LogP contribution in [-0.2, 0) is 4.43 Å². The SMILES string of the molecule is CC(C)(C)[Si](C)(C)OC(C#N)CCCC#CCCCCC#Cc1ccccc1. The average molecular weight is 394 g/mol. The van der Waals surface area contributed by atoms with Crippen molar-refractivity contribution in [2.45, 2.75) is 90.0 Å². The third kappa shape index (κ3) is 9.80. The number of nitrogens with zero attached hydrogens (tertiary/aromatic N) is 1. The van der Waals surface area contributed by atoms with Gasteiger partial charge in [0.25, 0.3) is 0 Å². The third-order valence-electron chi connectivity index (χ3n) is 5.14. The molecular weight excluding hydrogens is 358 g/mol. The normalized spacial score (nSPS) is 12.1. The molecule has 1 rings (SSSR count). The second-order valence-electron chi connectivity index (χ2n) is 8.62. The van der Waals surface area contributed by atoms with Gasteiger partial charge >= 0.3 is 0 Å². The van der Waals surface area contributed by atoms with Crippen LogP contribution in [0, 0.1) is 35.0 Å². The Morgan fingerprint density at radius 2 is 1.50 bits per heavy atom. The Hall–Kier alpha value is -1.99. The second-order valence-corrected chi connectivity index (χ2v) is 13.4. The molecule has 0 aliphatic rings. The van der Waals surface area contributed by atoms with E-state index in [1.54, 1.807) is 0 Å². The molecule has 0 bridgehead atoms. The van der Waals surface area contributed by atoms with Crippen LogP contribution >= 0.6 is 0 Å². The van der Waals surface area contributed by atoms with Crippen LogP contribution in [0.4, 0.5) is 0 Å². The molecule has 0 aliphatic carbocycles. The van der Waals surface area contributed by atoms with Gasteiger partial charge in [0.15, 0.2) is 8.32 Å². The molecule has 0 amide bonds. The monoisotopic (exact) mass is 393 g/mol. The average Bonchev–Trinajstić information content (AvgIpc) is 2.65. The van der Waals surface area contributed by atoms with E-state index in [2.05, 4.69) is 63.6 Å². The molecule has 0 heterocycles. The van der Waals surface area contributed by atoms with Crippen molar-refractivity contribution in [3.63, 3.8) is 0 Å². The van der Waals surface area contributed by atoms with E-state index in [1.165, 1.54) is 0 Å². The van der Waals surface area contributed by atoms with Crippen LogP contribution in [0.5, 0.6) is 0 Å². The predicted octanol–water partition coefficient (Wildman–Crippen LogP) is 6.69. The van der Waals surface area contributed by atoms with Gasteiger partial charge in [-0.1, -0.05) is 50.8 Å². The summed E-state index contributed by atoms with van der Waals surface area (Å²) >= 11 is 0. The number of benzene rings is 1. The zero-order chi connectivity index (χ0) is 20.9. The first-order valence-corrected chi connectivity index (χ1v) is 13.2. The molecular formula is C25H35NOSi. The van der Waals surface area contributed by atoms with Crippen molar-refractivity contribution < 1.29 is 4.43 Å². The van der Waals surface area contributed by atoms with Gasteiger partial charge in [-0.2, -0.15) is 5.26 Å². The first kappa shape index (κ1) is 24.0. The summed E-state index contributed by atoms with van der Waals surface area (Å²) in [6.45, 7) is 11.0. The lowest BCUT2D eigenvalue weighted by atomic mass is 10.1. The van der Waals surface area contributed by atoms with Crippen LogP contribution in [-0.4, -0.2) is 14.4 Å². The fraction of sp³-hybridized carbons (Fsp3) is 0.560. The molecule has 1 atom stereocenters. The number of unbranched alkanes of at least 4 members (excludes halogenated alkanes) is 4. The number of rotatable bonds is 8. The lowest BCUT2D eigenvalue weighted by molar-refractivity contribution is 0.219. The number of nitriles is 1. The van der Waals surface area contributed by atoms with Crippen LogP contribution in [0.25, 0.3) is 0 Å². The molecule has 0 saturated heterocycles. The minimum absolute atomic E-state index is 0.132. The zero-order valence-corrected chi connectivity index (χ0v) is 19.3. The highest BCUT2D eigenvalue weighted by Crippen LogP contribution is 2.37. The van der Waals surface area contributed by atoms with Crippen LogP contribution in [0.15, 0.2) is 30.3 Å². The van der Waals surface area contributed by atoms with Gasteiger partial charge in [0.1, 0.15) is 6.10 Å². The largest absolute Gasteiger partial charge is 0.401 e. The molecule has 1 unspecified atom stereocenters. The molecule has 0 radical (unpaired) electrons. The maximum Gasteiger partial charge on any atom is 0.193 e. The lowest BCUT2D eigenvalue weighted by Gasteiger charge is -2.37. The van der Waals surface area contributed by atoms with E-state index in [-0.39, 0.29) is 11.1 Å². The van der Waals surface area contributed by atoms with Crippen molar-refractivity contribution in [3.05, 3.63) is 35.9 Å². The Kier molecular flexibility index (Phi) is 10.7. The highest BCUT2D eigenvalue weighted by Gasteiger charge is 2.39. The first-order chi connectivity index (χ1) is 13.3. The number of hydrogen-bond donors (Lipinski definition) is 0. The van der Waals surface area contributed by atoms with Gasteiger partial charge < -0.3 is 4.43 Å². The second kappa shape index (κ2) is 12.5. The summed E-state index contributed by atoms with van der Waals surface area (Å²) in [6, 6.07) is 12.4. The van der Waals surface area contributed by atoms with E-state index < -0.39 is 8.32 Å². The van der Waals surface area contributed by atoms with Gasteiger partial charge in [0, 0.05) is 24.8 Å². The van der Waals surface area contributed by atoms with Crippen LogP contribution in [0.1, 0.15) is 71.3 Å². The Bertz CT molecular complexity index is 732. The van der Waals surface area contributed by atoms with Gasteiger partial charge in [-0.3, -0.25) is 0 Å². The fourth-order valence-electron chi connectivity index (χ4n) is 2.35. The Morgan fingerprint density at radius 1 is 0.929 bits per heavy atom. The molecule has 0 N–H and O–H groups in total. The number of hydrogen-bond acceptors (Lipinski definition) is 2. The molecule has 3 heteroatoms. The van der Waals surface area contributed by atoms with E-state index in [9.17, 15) is 5.26 Å². The standard InChI is InChI=1S/C25H35NOSi/c1-25(2,3)28(4,5)27-24(22-26)21-17-12-10-8-6-7-9-11-14-18-23-19-15-13-16-20-23/h13,15-16,19-20,24H,6-7,9,11-12,17,21H2,1-5H3. The van der Waals surface area contributed by atoms with Gasteiger partial charge in [0.05, 0.1) is 6.07 Å². The summed E-state index contributed by atoms with van der Waals surface area (Å²) < 4.78 is 6.18. The molecule has 150 valence electrons. The van der Waals surface area contributed by atoms with E-state index >= 15 is 0 Å². The van der Waals surface area contributed by atoms with Gasteiger partial charge in [-0.25, -0.2) is 0 Å². The summed E-state index contributed by atoms with van der Waals surface area (Å²) in [5, 5.41) is 9.50. The molecule has 0 aliphatic heterocycles. The van der Waals surface area contributed by atoms with Crippen molar-refractivity contribution >= 4 is 8.32 Å². The van der Waals surface area contributed by atoms with Gasteiger partial charge in [-0.15, -0.1) is 11.8 Å². The quantitative estimate of drug-likeness (QED) is 0.280.